The molecule has 0 bridgehead atoms. The highest BCUT2D eigenvalue weighted by atomic mass is 16.5. The number of carbonyl (C=O) groups excluding carboxylic acids is 2. The Morgan fingerprint density at radius 1 is 0.914 bits per heavy atom. The van der Waals surface area contributed by atoms with E-state index in [4.69, 9.17) is 13.9 Å². The van der Waals surface area contributed by atoms with Crippen LogP contribution in [0.4, 0.5) is 11.4 Å². The highest BCUT2D eigenvalue weighted by Gasteiger charge is 2.16. The lowest BCUT2D eigenvalue weighted by molar-refractivity contribution is -0.118. The molecule has 3 aromatic carbocycles. The van der Waals surface area contributed by atoms with Crippen molar-refractivity contribution in [2.45, 2.75) is 26.2 Å². The Hall–Kier alpha value is -4.26. The molecule has 1 aromatic heterocycles. The van der Waals surface area contributed by atoms with Crippen molar-refractivity contribution in [1.29, 1.82) is 0 Å². The molecule has 0 aliphatic rings. The highest BCUT2D eigenvalue weighted by Crippen LogP contribution is 2.29. The van der Waals surface area contributed by atoms with Crippen LogP contribution in [0.2, 0.25) is 0 Å². The van der Waals surface area contributed by atoms with Crippen LogP contribution in [0.3, 0.4) is 0 Å². The largest absolute Gasteiger partial charge is 0.494 e. The number of furan rings is 1. The van der Waals surface area contributed by atoms with E-state index in [-0.39, 0.29) is 23.7 Å². The lowest BCUT2D eigenvalue weighted by atomic mass is 9.87. The van der Waals surface area contributed by atoms with E-state index in [1.165, 1.54) is 12.7 Å². The zero-order valence-electron chi connectivity index (χ0n) is 20.2. The summed E-state index contributed by atoms with van der Waals surface area (Å²) in [4.78, 5) is 25.0. The summed E-state index contributed by atoms with van der Waals surface area (Å²) in [5.74, 6) is 0.492. The van der Waals surface area contributed by atoms with Crippen LogP contribution < -0.4 is 20.1 Å². The summed E-state index contributed by atoms with van der Waals surface area (Å²) in [6.45, 7) is 6.28. The van der Waals surface area contributed by atoms with E-state index in [0.717, 1.165) is 5.39 Å². The maximum Gasteiger partial charge on any atom is 0.291 e. The minimum absolute atomic E-state index is 0.0483. The van der Waals surface area contributed by atoms with E-state index in [0.29, 0.717) is 28.5 Å². The van der Waals surface area contributed by atoms with E-state index in [9.17, 15) is 9.59 Å². The fourth-order valence-electron chi connectivity index (χ4n) is 3.55. The van der Waals surface area contributed by atoms with Gasteiger partial charge in [-0.1, -0.05) is 51.1 Å². The van der Waals surface area contributed by atoms with Crippen LogP contribution in [0, 0.1) is 0 Å². The second kappa shape index (κ2) is 9.93. The molecule has 0 saturated carbocycles. The molecule has 180 valence electrons. The average molecular weight is 473 g/mol. The number of methoxy groups -OCH3 is 1. The van der Waals surface area contributed by atoms with Crippen molar-refractivity contribution in [2.24, 2.45) is 0 Å². The van der Waals surface area contributed by atoms with E-state index in [1.54, 1.807) is 30.3 Å². The molecule has 0 saturated heterocycles. The molecule has 0 aliphatic carbocycles. The number of nitrogens with one attached hydrogen (secondary N) is 2. The van der Waals surface area contributed by atoms with Crippen LogP contribution in [0.5, 0.6) is 11.5 Å². The summed E-state index contributed by atoms with van der Waals surface area (Å²) in [7, 11) is 1.49. The van der Waals surface area contributed by atoms with Crippen LogP contribution in [0.1, 0.15) is 36.9 Å². The first kappa shape index (κ1) is 23.9. The van der Waals surface area contributed by atoms with Gasteiger partial charge in [-0.05, 0) is 47.4 Å². The molecule has 0 radical (unpaired) electrons. The molecule has 35 heavy (non-hydrogen) atoms. The van der Waals surface area contributed by atoms with Gasteiger partial charge in [-0.25, -0.2) is 0 Å². The third-order valence-electron chi connectivity index (χ3n) is 5.47. The van der Waals surface area contributed by atoms with Gasteiger partial charge in [-0.3, -0.25) is 9.59 Å². The smallest absolute Gasteiger partial charge is 0.291 e. The second-order valence-corrected chi connectivity index (χ2v) is 9.13. The number of benzene rings is 3. The Bertz CT molecular complexity index is 1320. The van der Waals surface area contributed by atoms with Crippen molar-refractivity contribution in [3.8, 4) is 11.5 Å². The zero-order chi connectivity index (χ0) is 25.0. The van der Waals surface area contributed by atoms with Crippen LogP contribution in [0.15, 0.2) is 77.2 Å². The molecule has 0 unspecified atom stereocenters. The van der Waals surface area contributed by atoms with Crippen LogP contribution in [-0.4, -0.2) is 25.5 Å². The minimum atomic E-state index is -0.401. The van der Waals surface area contributed by atoms with Gasteiger partial charge in [-0.2, -0.15) is 0 Å². The fraction of sp³-hybridized carbons (Fsp3) is 0.214. The van der Waals surface area contributed by atoms with Crippen molar-refractivity contribution >= 4 is 34.2 Å². The van der Waals surface area contributed by atoms with Gasteiger partial charge in [0.15, 0.2) is 12.4 Å². The van der Waals surface area contributed by atoms with Crippen molar-refractivity contribution in [3.63, 3.8) is 0 Å². The number of carbonyl (C=O) groups is 2. The Morgan fingerprint density at radius 3 is 2.34 bits per heavy atom. The lowest BCUT2D eigenvalue weighted by Crippen LogP contribution is -2.20. The number of hydrogen-bond acceptors (Lipinski definition) is 5. The summed E-state index contributed by atoms with van der Waals surface area (Å²) >= 11 is 0. The van der Waals surface area contributed by atoms with Gasteiger partial charge in [0.05, 0.1) is 12.8 Å². The second-order valence-electron chi connectivity index (χ2n) is 9.13. The van der Waals surface area contributed by atoms with E-state index in [2.05, 4.69) is 31.4 Å². The van der Waals surface area contributed by atoms with Crippen molar-refractivity contribution in [3.05, 3.63) is 84.1 Å². The van der Waals surface area contributed by atoms with E-state index in [1.807, 2.05) is 42.5 Å². The van der Waals surface area contributed by atoms with Crippen LogP contribution in [-0.2, 0) is 10.2 Å². The molecular formula is C28H28N2O5. The third-order valence-corrected chi connectivity index (χ3v) is 5.47. The predicted molar refractivity (Wildman–Crippen MR) is 136 cm³/mol. The maximum atomic E-state index is 12.7. The summed E-state index contributed by atoms with van der Waals surface area (Å²) in [6.07, 6.45) is 0. The Labute approximate surface area is 204 Å². The summed E-state index contributed by atoms with van der Waals surface area (Å²) in [5, 5.41) is 6.41. The first-order valence-electron chi connectivity index (χ1n) is 11.2. The number of anilines is 2. The standard InChI is InChI=1S/C28H28N2O5/c1-28(2,3)19-9-12-21(13-10-19)34-17-26(31)29-20-11-14-22(24(16-20)33-4)30-27(32)25-15-18-7-5-6-8-23(18)35-25/h5-16H,17H2,1-4H3,(H,29,31)(H,30,32). The van der Waals surface area contributed by atoms with Crippen molar-refractivity contribution in [2.75, 3.05) is 24.4 Å². The molecule has 0 aliphatic heterocycles. The first-order chi connectivity index (χ1) is 16.7. The molecule has 7 heteroatoms. The highest BCUT2D eigenvalue weighted by molar-refractivity contribution is 6.05. The topological polar surface area (TPSA) is 89.8 Å². The Morgan fingerprint density at radius 2 is 1.66 bits per heavy atom. The molecule has 2 amide bonds. The number of amides is 2. The van der Waals surface area contributed by atoms with Gasteiger partial charge in [0.1, 0.15) is 17.1 Å². The van der Waals surface area contributed by atoms with Gasteiger partial charge in [-0.15, -0.1) is 0 Å². The van der Waals surface area contributed by atoms with Gasteiger partial charge >= 0.3 is 0 Å². The van der Waals surface area contributed by atoms with Crippen molar-refractivity contribution < 1.29 is 23.5 Å². The monoisotopic (exact) mass is 472 g/mol. The predicted octanol–water partition coefficient (Wildman–Crippen LogP) is 6.01. The van der Waals surface area contributed by atoms with Crippen LogP contribution in [0.25, 0.3) is 11.0 Å². The molecule has 0 fully saturated rings. The number of para-hydroxylation sites is 1. The average Bonchev–Trinajstić information content (AvgIpc) is 3.28. The SMILES string of the molecule is COc1cc(NC(=O)COc2ccc(C(C)(C)C)cc2)ccc1NC(=O)c1cc2ccccc2o1. The Balaban J connectivity index is 1.36. The first-order valence-corrected chi connectivity index (χ1v) is 11.2. The minimum Gasteiger partial charge on any atom is -0.494 e. The summed E-state index contributed by atoms with van der Waals surface area (Å²) < 4.78 is 16.6. The Kier molecular flexibility index (Phi) is 6.78. The number of ether oxygens (including phenoxy) is 2. The quantitative estimate of drug-likeness (QED) is 0.344. The molecule has 0 atom stereocenters. The molecule has 1 heterocycles. The normalized spacial score (nSPS) is 11.2. The molecule has 0 spiro atoms. The van der Waals surface area contributed by atoms with Gasteiger partial charge in [0, 0.05) is 17.1 Å². The van der Waals surface area contributed by atoms with E-state index < -0.39 is 5.91 Å². The number of fused-ring (bicyclic) bond motifs is 1. The van der Waals surface area contributed by atoms with Gasteiger partial charge < -0.3 is 24.5 Å². The van der Waals surface area contributed by atoms with Crippen molar-refractivity contribution in [1.82, 2.24) is 0 Å². The molecule has 4 rings (SSSR count). The lowest BCUT2D eigenvalue weighted by Gasteiger charge is -2.19. The summed E-state index contributed by atoms with van der Waals surface area (Å²) in [5.41, 5.74) is 2.84. The number of rotatable bonds is 7. The van der Waals surface area contributed by atoms with Gasteiger partial charge in [0.2, 0.25) is 0 Å². The zero-order valence-corrected chi connectivity index (χ0v) is 20.2. The molecular weight excluding hydrogens is 444 g/mol. The molecule has 7 nitrogen and oxygen atoms in total. The van der Waals surface area contributed by atoms with E-state index >= 15 is 0 Å². The molecule has 4 aromatic rings. The fourth-order valence-corrected chi connectivity index (χ4v) is 3.55. The third kappa shape index (κ3) is 5.81. The maximum absolute atomic E-state index is 12.7. The van der Waals surface area contributed by atoms with Gasteiger partial charge in [0.25, 0.3) is 11.8 Å². The van der Waals surface area contributed by atoms with Crippen LogP contribution >= 0.6 is 0 Å². The summed E-state index contributed by atoms with van der Waals surface area (Å²) in [6, 6.07) is 21.7. The number of hydrogen-bond donors (Lipinski definition) is 2. The molecule has 2 N–H and O–H groups in total.